The molecule has 18 heavy (non-hydrogen) atoms. The van der Waals surface area contributed by atoms with Gasteiger partial charge in [-0.15, -0.1) is 0 Å². The van der Waals surface area contributed by atoms with E-state index in [2.05, 4.69) is 6.58 Å². The molecule has 0 radical (unpaired) electrons. The molecule has 0 heterocycles. The summed E-state index contributed by atoms with van der Waals surface area (Å²) < 4.78 is 4.89. The predicted octanol–water partition coefficient (Wildman–Crippen LogP) is 3.61. The lowest BCUT2D eigenvalue weighted by Gasteiger charge is -2.04. The largest absolute Gasteiger partial charge is 0.463 e. The number of rotatable bonds is 12. The highest BCUT2D eigenvalue weighted by Gasteiger charge is 1.97. The van der Waals surface area contributed by atoms with Crippen molar-refractivity contribution in [2.45, 2.75) is 70.8 Å². The maximum atomic E-state index is 10.7. The average molecular weight is 256 g/mol. The maximum Gasteiger partial charge on any atom is 0.330 e. The molecule has 1 N–H and O–H groups in total. The van der Waals surface area contributed by atoms with Crippen molar-refractivity contribution in [3.05, 3.63) is 12.7 Å². The van der Waals surface area contributed by atoms with Crippen molar-refractivity contribution in [1.29, 1.82) is 0 Å². The number of hydrogen-bond donors (Lipinski definition) is 1. The Hall–Kier alpha value is -0.830. The minimum atomic E-state index is -0.326. The second-order valence-corrected chi connectivity index (χ2v) is 4.84. The van der Waals surface area contributed by atoms with Crippen molar-refractivity contribution in [1.82, 2.24) is 0 Å². The van der Waals surface area contributed by atoms with Crippen LogP contribution in [0.2, 0.25) is 0 Å². The molecule has 0 saturated carbocycles. The van der Waals surface area contributed by atoms with Crippen LogP contribution in [0, 0.1) is 0 Å². The molecule has 0 aliphatic rings. The molecule has 0 aromatic rings. The van der Waals surface area contributed by atoms with Crippen LogP contribution in [0.5, 0.6) is 0 Å². The molecule has 106 valence electrons. The third-order valence-corrected chi connectivity index (χ3v) is 2.93. The van der Waals surface area contributed by atoms with Gasteiger partial charge < -0.3 is 9.84 Å². The van der Waals surface area contributed by atoms with Crippen molar-refractivity contribution in [3.8, 4) is 0 Å². The first-order valence-corrected chi connectivity index (χ1v) is 7.14. The molecule has 0 fully saturated rings. The summed E-state index contributed by atoms with van der Waals surface area (Å²) in [4.78, 5) is 10.7. The Labute approximate surface area is 111 Å². The van der Waals surface area contributed by atoms with Crippen LogP contribution in [0.25, 0.3) is 0 Å². The predicted molar refractivity (Wildman–Crippen MR) is 74.4 cm³/mol. The van der Waals surface area contributed by atoms with Gasteiger partial charge in [0, 0.05) is 6.08 Å². The van der Waals surface area contributed by atoms with Gasteiger partial charge in [-0.25, -0.2) is 4.79 Å². The summed E-state index contributed by atoms with van der Waals surface area (Å²) in [6, 6.07) is 0. The van der Waals surface area contributed by atoms with Crippen molar-refractivity contribution in [2.75, 3.05) is 6.61 Å². The third kappa shape index (κ3) is 13.2. The van der Waals surface area contributed by atoms with Crippen molar-refractivity contribution < 1.29 is 14.6 Å². The Morgan fingerprint density at radius 3 is 2.11 bits per heavy atom. The van der Waals surface area contributed by atoms with E-state index in [0.717, 1.165) is 25.7 Å². The highest BCUT2D eigenvalue weighted by Crippen LogP contribution is 2.10. The fourth-order valence-corrected chi connectivity index (χ4v) is 1.83. The van der Waals surface area contributed by atoms with Crippen LogP contribution >= 0.6 is 0 Å². The summed E-state index contributed by atoms with van der Waals surface area (Å²) in [6.45, 7) is 5.70. The van der Waals surface area contributed by atoms with E-state index in [1.807, 2.05) is 6.92 Å². The summed E-state index contributed by atoms with van der Waals surface area (Å²) in [6.07, 6.45) is 11.4. The zero-order valence-electron chi connectivity index (χ0n) is 11.7. The lowest BCUT2D eigenvalue weighted by molar-refractivity contribution is -0.137. The van der Waals surface area contributed by atoms with E-state index in [0.29, 0.717) is 6.61 Å². The summed E-state index contributed by atoms with van der Waals surface area (Å²) in [7, 11) is 0. The van der Waals surface area contributed by atoms with Gasteiger partial charge in [0.1, 0.15) is 0 Å². The van der Waals surface area contributed by atoms with Gasteiger partial charge in [0.05, 0.1) is 12.7 Å². The minimum Gasteiger partial charge on any atom is -0.463 e. The van der Waals surface area contributed by atoms with Crippen molar-refractivity contribution in [3.63, 3.8) is 0 Å². The molecule has 0 rings (SSSR count). The average Bonchev–Trinajstić information content (AvgIpc) is 2.35. The number of unbranched alkanes of at least 4 members (excludes halogenated alkanes) is 7. The van der Waals surface area contributed by atoms with Gasteiger partial charge in [-0.1, -0.05) is 51.5 Å². The molecule has 0 bridgehead atoms. The van der Waals surface area contributed by atoms with Crippen molar-refractivity contribution in [2.24, 2.45) is 0 Å². The summed E-state index contributed by atoms with van der Waals surface area (Å²) >= 11 is 0. The van der Waals surface area contributed by atoms with E-state index in [9.17, 15) is 4.79 Å². The van der Waals surface area contributed by atoms with Gasteiger partial charge in [-0.2, -0.15) is 0 Å². The molecule has 0 spiro atoms. The molecule has 1 atom stereocenters. The van der Waals surface area contributed by atoms with Gasteiger partial charge in [0.25, 0.3) is 0 Å². The van der Waals surface area contributed by atoms with E-state index >= 15 is 0 Å². The lowest BCUT2D eigenvalue weighted by atomic mass is 10.1. The number of esters is 1. The molecular formula is C15H28O3. The molecule has 0 amide bonds. The zero-order chi connectivity index (χ0) is 13.6. The van der Waals surface area contributed by atoms with E-state index in [1.165, 1.54) is 38.2 Å². The molecular weight excluding hydrogens is 228 g/mol. The Kier molecular flexibility index (Phi) is 12.0. The Bertz CT molecular complexity index is 212. The Morgan fingerprint density at radius 2 is 1.61 bits per heavy atom. The Morgan fingerprint density at radius 1 is 1.11 bits per heavy atom. The Balaban J connectivity index is 3.03. The number of carbonyl (C=O) groups is 1. The van der Waals surface area contributed by atoms with Crippen LogP contribution in [-0.2, 0) is 9.53 Å². The minimum absolute atomic E-state index is 0.150. The van der Waals surface area contributed by atoms with E-state index in [-0.39, 0.29) is 12.1 Å². The van der Waals surface area contributed by atoms with Crippen LogP contribution < -0.4 is 0 Å². The van der Waals surface area contributed by atoms with E-state index < -0.39 is 0 Å². The van der Waals surface area contributed by atoms with Crippen molar-refractivity contribution >= 4 is 5.97 Å². The van der Waals surface area contributed by atoms with Gasteiger partial charge in [0.15, 0.2) is 0 Å². The summed E-state index contributed by atoms with van der Waals surface area (Å²) in [5, 5.41) is 9.09. The second-order valence-electron chi connectivity index (χ2n) is 4.84. The van der Waals surface area contributed by atoms with E-state index in [1.54, 1.807) is 0 Å². The monoisotopic (exact) mass is 256 g/mol. The summed E-state index contributed by atoms with van der Waals surface area (Å²) in [5.41, 5.74) is 0. The van der Waals surface area contributed by atoms with Crippen LogP contribution in [0.4, 0.5) is 0 Å². The van der Waals surface area contributed by atoms with Crippen LogP contribution in [0.3, 0.4) is 0 Å². The van der Waals surface area contributed by atoms with E-state index in [4.69, 9.17) is 9.84 Å². The third-order valence-electron chi connectivity index (χ3n) is 2.93. The molecule has 3 heteroatoms. The number of carbonyl (C=O) groups excluding carboxylic acids is 1. The highest BCUT2D eigenvalue weighted by molar-refractivity contribution is 5.81. The van der Waals surface area contributed by atoms with Crippen LogP contribution in [0.15, 0.2) is 12.7 Å². The SMILES string of the molecule is C=CC(=O)OCCCCCCCCCCC(C)O. The molecule has 0 aliphatic heterocycles. The quantitative estimate of drug-likeness (QED) is 0.329. The molecule has 0 aromatic heterocycles. The molecule has 3 nitrogen and oxygen atoms in total. The second kappa shape index (κ2) is 12.6. The number of hydrogen-bond acceptors (Lipinski definition) is 3. The number of ether oxygens (including phenoxy) is 1. The van der Waals surface area contributed by atoms with Gasteiger partial charge in [-0.3, -0.25) is 0 Å². The first-order chi connectivity index (χ1) is 8.66. The molecule has 0 aliphatic carbocycles. The zero-order valence-corrected chi connectivity index (χ0v) is 11.7. The fourth-order valence-electron chi connectivity index (χ4n) is 1.83. The standard InChI is InChI=1S/C15H28O3/c1-3-15(17)18-13-11-9-7-5-4-6-8-10-12-14(2)16/h3,14,16H,1,4-13H2,2H3. The fraction of sp³-hybridized carbons (Fsp3) is 0.800. The summed E-state index contributed by atoms with van der Waals surface area (Å²) in [5.74, 6) is -0.326. The highest BCUT2D eigenvalue weighted by atomic mass is 16.5. The smallest absolute Gasteiger partial charge is 0.330 e. The van der Waals surface area contributed by atoms with Crippen LogP contribution in [0.1, 0.15) is 64.7 Å². The molecule has 0 saturated heterocycles. The normalized spacial score (nSPS) is 12.1. The first kappa shape index (κ1) is 17.2. The topological polar surface area (TPSA) is 46.5 Å². The first-order valence-electron chi connectivity index (χ1n) is 7.14. The van der Waals surface area contributed by atoms with Gasteiger partial charge in [-0.05, 0) is 19.8 Å². The number of aliphatic hydroxyl groups is 1. The lowest BCUT2D eigenvalue weighted by Crippen LogP contribution is -2.01. The molecule has 1 unspecified atom stereocenters. The van der Waals surface area contributed by atoms with Gasteiger partial charge >= 0.3 is 5.97 Å². The van der Waals surface area contributed by atoms with Gasteiger partial charge in [0.2, 0.25) is 0 Å². The molecule has 0 aromatic carbocycles. The van der Waals surface area contributed by atoms with Crippen LogP contribution in [-0.4, -0.2) is 23.8 Å². The number of aliphatic hydroxyl groups excluding tert-OH is 1. The maximum absolute atomic E-state index is 10.7.